The van der Waals surface area contributed by atoms with Crippen LogP contribution in [0.15, 0.2) is 0 Å². The van der Waals surface area contributed by atoms with Crippen molar-refractivity contribution in [2.45, 2.75) is 105 Å². The van der Waals surface area contributed by atoms with Gasteiger partial charge in [-0.15, -0.1) is 0 Å². The molecule has 12 heteroatoms. The summed E-state index contributed by atoms with van der Waals surface area (Å²) in [5, 5.41) is 0. The molecule has 0 bridgehead atoms. The molecule has 0 fully saturated rings. The molecule has 4 unspecified atom stereocenters. The molecule has 0 N–H and O–H groups in total. The maximum absolute atomic E-state index is 11.6. The van der Waals surface area contributed by atoms with E-state index in [9.17, 15) is 14.4 Å². The SMILES string of the molecule is CC(C)OC(=O)OCC(C)OCC(COC(C)OC(=O)OC(C)C)OC(C)COC(=O)OC(C)C. The summed E-state index contributed by atoms with van der Waals surface area (Å²) >= 11 is 0. The van der Waals surface area contributed by atoms with Crippen LogP contribution in [0.5, 0.6) is 0 Å². The summed E-state index contributed by atoms with van der Waals surface area (Å²) in [5.41, 5.74) is 0. The van der Waals surface area contributed by atoms with Gasteiger partial charge in [-0.25, -0.2) is 14.4 Å². The third-order valence-electron chi connectivity index (χ3n) is 3.64. The number of carbonyl (C=O) groups excluding carboxylic acids is 3. The Balaban J connectivity index is 4.75. The van der Waals surface area contributed by atoms with Gasteiger partial charge in [0.15, 0.2) is 0 Å². The molecule has 0 aromatic carbocycles. The minimum Gasteiger partial charge on any atom is -0.432 e. The van der Waals surface area contributed by atoms with Crippen LogP contribution in [0.2, 0.25) is 0 Å². The zero-order valence-corrected chi connectivity index (χ0v) is 22.3. The standard InChI is InChI=1S/C23H42O12/c1-14(2)31-21(24)29-10-17(7)27-12-20(13-28-19(9)35-23(26)33-16(5)6)34-18(8)11-30-22(25)32-15(3)4/h14-20H,10-13H2,1-9H3. The molecular formula is C23H42O12. The molecule has 0 aliphatic heterocycles. The fourth-order valence-electron chi connectivity index (χ4n) is 2.27. The van der Waals surface area contributed by atoms with Gasteiger partial charge in [0.1, 0.15) is 19.3 Å². The molecule has 35 heavy (non-hydrogen) atoms. The zero-order valence-electron chi connectivity index (χ0n) is 22.3. The lowest BCUT2D eigenvalue weighted by Crippen LogP contribution is -2.35. The van der Waals surface area contributed by atoms with Crippen molar-refractivity contribution < 1.29 is 57.0 Å². The molecule has 0 saturated heterocycles. The van der Waals surface area contributed by atoms with E-state index in [2.05, 4.69) is 0 Å². The second kappa shape index (κ2) is 18.0. The van der Waals surface area contributed by atoms with E-state index < -0.39 is 43.1 Å². The van der Waals surface area contributed by atoms with Crippen molar-refractivity contribution in [3.8, 4) is 0 Å². The van der Waals surface area contributed by atoms with E-state index in [1.165, 1.54) is 6.92 Å². The Bertz CT molecular complexity index is 607. The Morgan fingerprint density at radius 3 is 1.43 bits per heavy atom. The number of hydrogen-bond acceptors (Lipinski definition) is 12. The van der Waals surface area contributed by atoms with Crippen LogP contribution in [0.25, 0.3) is 0 Å². The van der Waals surface area contributed by atoms with Crippen molar-refractivity contribution in [3.05, 3.63) is 0 Å². The van der Waals surface area contributed by atoms with Crippen molar-refractivity contribution in [1.82, 2.24) is 0 Å². The predicted molar refractivity (Wildman–Crippen MR) is 123 cm³/mol. The fraction of sp³-hybridized carbons (Fsp3) is 0.870. The van der Waals surface area contributed by atoms with Crippen LogP contribution >= 0.6 is 0 Å². The van der Waals surface area contributed by atoms with Crippen molar-refractivity contribution in [3.63, 3.8) is 0 Å². The topological polar surface area (TPSA) is 134 Å². The first-order chi connectivity index (χ1) is 16.3. The van der Waals surface area contributed by atoms with Crippen LogP contribution in [-0.2, 0) is 42.6 Å². The molecule has 12 nitrogen and oxygen atoms in total. The summed E-state index contributed by atoms with van der Waals surface area (Å²) < 4.78 is 46.9. The maximum atomic E-state index is 11.6. The molecule has 0 aromatic rings. The molecule has 0 aliphatic rings. The van der Waals surface area contributed by atoms with E-state index in [1.807, 2.05) is 0 Å². The first kappa shape index (κ1) is 32.7. The Morgan fingerprint density at radius 2 is 0.943 bits per heavy atom. The van der Waals surface area contributed by atoms with Crippen LogP contribution in [0.3, 0.4) is 0 Å². The van der Waals surface area contributed by atoms with E-state index in [-0.39, 0.29) is 44.7 Å². The summed E-state index contributed by atoms with van der Waals surface area (Å²) in [7, 11) is 0. The van der Waals surface area contributed by atoms with Gasteiger partial charge >= 0.3 is 18.5 Å². The van der Waals surface area contributed by atoms with Crippen LogP contribution < -0.4 is 0 Å². The number of hydrogen-bond donors (Lipinski definition) is 0. The van der Waals surface area contributed by atoms with Crippen LogP contribution in [0.1, 0.15) is 62.3 Å². The van der Waals surface area contributed by atoms with E-state index in [0.717, 1.165) is 0 Å². The number of carbonyl (C=O) groups is 3. The van der Waals surface area contributed by atoms with Gasteiger partial charge < -0.3 is 42.6 Å². The van der Waals surface area contributed by atoms with E-state index in [4.69, 9.17) is 42.6 Å². The van der Waals surface area contributed by atoms with Crippen LogP contribution in [-0.4, -0.2) is 87.8 Å². The molecule has 0 aliphatic carbocycles. The molecule has 0 saturated carbocycles. The van der Waals surface area contributed by atoms with E-state index in [1.54, 1.807) is 55.4 Å². The highest BCUT2D eigenvalue weighted by molar-refractivity contribution is 5.60. The summed E-state index contributed by atoms with van der Waals surface area (Å²) in [5.74, 6) is 0. The van der Waals surface area contributed by atoms with Gasteiger partial charge in [-0.3, -0.25) is 0 Å². The molecule has 0 radical (unpaired) electrons. The van der Waals surface area contributed by atoms with Gasteiger partial charge in [-0.05, 0) is 62.3 Å². The largest absolute Gasteiger partial charge is 0.510 e. The normalized spacial score (nSPS) is 14.7. The van der Waals surface area contributed by atoms with Crippen molar-refractivity contribution in [1.29, 1.82) is 0 Å². The van der Waals surface area contributed by atoms with E-state index >= 15 is 0 Å². The molecule has 0 heterocycles. The van der Waals surface area contributed by atoms with Gasteiger partial charge in [0.05, 0.1) is 43.7 Å². The Kier molecular flexibility index (Phi) is 16.8. The second-order valence-electron chi connectivity index (χ2n) is 8.60. The average molecular weight is 511 g/mol. The third kappa shape index (κ3) is 19.7. The lowest BCUT2D eigenvalue weighted by molar-refractivity contribution is -0.163. The minimum atomic E-state index is -0.911. The Morgan fingerprint density at radius 1 is 0.514 bits per heavy atom. The summed E-state index contributed by atoms with van der Waals surface area (Å²) in [6.45, 7) is 15.1. The highest BCUT2D eigenvalue weighted by Crippen LogP contribution is 2.08. The zero-order chi connectivity index (χ0) is 27.0. The molecule has 0 rings (SSSR count). The molecule has 0 amide bonds. The molecule has 4 atom stereocenters. The highest BCUT2D eigenvalue weighted by atomic mass is 16.8. The lowest BCUT2D eigenvalue weighted by Gasteiger charge is -2.25. The monoisotopic (exact) mass is 510 g/mol. The van der Waals surface area contributed by atoms with Crippen molar-refractivity contribution in [2.24, 2.45) is 0 Å². The quantitative estimate of drug-likeness (QED) is 0.167. The Labute approximate surface area is 207 Å². The molecule has 206 valence electrons. The first-order valence-electron chi connectivity index (χ1n) is 11.7. The molecule has 0 aromatic heterocycles. The van der Waals surface area contributed by atoms with Crippen LogP contribution in [0.4, 0.5) is 14.4 Å². The summed E-state index contributed by atoms with van der Waals surface area (Å²) in [4.78, 5) is 34.7. The summed E-state index contributed by atoms with van der Waals surface area (Å²) in [6.07, 6.45) is -5.91. The first-order valence-corrected chi connectivity index (χ1v) is 11.7. The summed E-state index contributed by atoms with van der Waals surface area (Å²) in [6, 6.07) is 0. The maximum Gasteiger partial charge on any atom is 0.510 e. The van der Waals surface area contributed by atoms with Gasteiger partial charge in [0.2, 0.25) is 6.29 Å². The number of rotatable bonds is 16. The minimum absolute atomic E-state index is 0.0140. The highest BCUT2D eigenvalue weighted by Gasteiger charge is 2.21. The van der Waals surface area contributed by atoms with Crippen LogP contribution in [0, 0.1) is 0 Å². The molecule has 0 spiro atoms. The third-order valence-corrected chi connectivity index (χ3v) is 3.64. The van der Waals surface area contributed by atoms with Gasteiger partial charge in [-0.1, -0.05) is 0 Å². The Hall–Kier alpha value is -2.31. The average Bonchev–Trinajstić information content (AvgIpc) is 2.71. The lowest BCUT2D eigenvalue weighted by atomic mass is 10.3. The van der Waals surface area contributed by atoms with Gasteiger partial charge in [0.25, 0.3) is 0 Å². The fourth-order valence-corrected chi connectivity index (χ4v) is 2.27. The van der Waals surface area contributed by atoms with Gasteiger partial charge in [0, 0.05) is 0 Å². The smallest absolute Gasteiger partial charge is 0.432 e. The van der Waals surface area contributed by atoms with Crippen molar-refractivity contribution >= 4 is 18.5 Å². The number of ether oxygens (including phenoxy) is 9. The molecular weight excluding hydrogens is 468 g/mol. The second-order valence-corrected chi connectivity index (χ2v) is 8.60. The van der Waals surface area contributed by atoms with Crippen molar-refractivity contribution in [2.75, 3.05) is 26.4 Å². The van der Waals surface area contributed by atoms with Gasteiger partial charge in [-0.2, -0.15) is 0 Å². The van der Waals surface area contributed by atoms with E-state index in [0.29, 0.717) is 0 Å². The predicted octanol–water partition coefficient (Wildman–Crippen LogP) is 4.21.